The van der Waals surface area contributed by atoms with Gasteiger partial charge in [0.15, 0.2) is 0 Å². The van der Waals surface area contributed by atoms with Crippen molar-refractivity contribution < 1.29 is 13.2 Å². The van der Waals surface area contributed by atoms with Crippen molar-refractivity contribution in [2.75, 3.05) is 5.32 Å². The molecule has 2 aromatic carbocycles. The zero-order valence-corrected chi connectivity index (χ0v) is 11.0. The predicted octanol–water partition coefficient (Wildman–Crippen LogP) is 4.72. The van der Waals surface area contributed by atoms with E-state index in [-0.39, 0.29) is 6.04 Å². The van der Waals surface area contributed by atoms with E-state index in [4.69, 9.17) is 0 Å². The number of fused-ring (bicyclic) bond motifs is 1. The fourth-order valence-corrected chi connectivity index (χ4v) is 2.69. The van der Waals surface area contributed by atoms with Crippen LogP contribution < -0.4 is 5.32 Å². The lowest BCUT2D eigenvalue weighted by atomic mass is 9.98. The largest absolute Gasteiger partial charge is 0.416 e. The van der Waals surface area contributed by atoms with Crippen molar-refractivity contribution in [1.29, 1.82) is 0 Å². The number of nitrogens with one attached hydrogen (secondary N) is 1. The molecule has 0 saturated carbocycles. The van der Waals surface area contributed by atoms with Crippen LogP contribution in [0.15, 0.2) is 42.5 Å². The molecule has 3 rings (SSSR count). The number of aryl methyl sites for hydroxylation is 1. The number of halogens is 3. The van der Waals surface area contributed by atoms with E-state index < -0.39 is 11.7 Å². The SMILES string of the molecule is Cc1ccccc1C1Cc2ccc(C(F)(F)F)cc2N1. The monoisotopic (exact) mass is 277 g/mol. The Morgan fingerprint density at radius 3 is 2.55 bits per heavy atom. The maximum absolute atomic E-state index is 12.7. The van der Waals surface area contributed by atoms with Gasteiger partial charge in [-0.25, -0.2) is 0 Å². The molecular formula is C16H14F3N. The highest BCUT2D eigenvalue weighted by molar-refractivity contribution is 5.60. The molecule has 0 saturated heterocycles. The Hall–Kier alpha value is -1.97. The van der Waals surface area contributed by atoms with Gasteiger partial charge in [0, 0.05) is 5.69 Å². The zero-order chi connectivity index (χ0) is 14.3. The number of anilines is 1. The summed E-state index contributed by atoms with van der Waals surface area (Å²) in [6.07, 6.45) is -3.57. The highest BCUT2D eigenvalue weighted by Gasteiger charge is 2.32. The van der Waals surface area contributed by atoms with Crippen molar-refractivity contribution in [3.05, 3.63) is 64.7 Å². The minimum Gasteiger partial charge on any atom is -0.378 e. The Morgan fingerprint density at radius 2 is 1.85 bits per heavy atom. The highest BCUT2D eigenvalue weighted by atomic mass is 19.4. The van der Waals surface area contributed by atoms with Gasteiger partial charge in [0.2, 0.25) is 0 Å². The average molecular weight is 277 g/mol. The summed E-state index contributed by atoms with van der Waals surface area (Å²) >= 11 is 0. The first-order valence-corrected chi connectivity index (χ1v) is 6.47. The molecule has 1 heterocycles. The van der Waals surface area contributed by atoms with Crippen LogP contribution in [0.2, 0.25) is 0 Å². The van der Waals surface area contributed by atoms with Crippen molar-refractivity contribution in [3.8, 4) is 0 Å². The van der Waals surface area contributed by atoms with Gasteiger partial charge in [-0.2, -0.15) is 13.2 Å². The van der Waals surface area contributed by atoms with Gasteiger partial charge >= 0.3 is 6.18 Å². The van der Waals surface area contributed by atoms with Crippen molar-refractivity contribution >= 4 is 5.69 Å². The second-order valence-electron chi connectivity index (χ2n) is 5.13. The van der Waals surface area contributed by atoms with Crippen LogP contribution in [-0.2, 0) is 12.6 Å². The second-order valence-corrected chi connectivity index (χ2v) is 5.13. The molecular weight excluding hydrogens is 263 g/mol. The number of hydrogen-bond acceptors (Lipinski definition) is 1. The van der Waals surface area contributed by atoms with E-state index in [1.807, 2.05) is 31.2 Å². The molecule has 0 radical (unpaired) electrons. The first-order chi connectivity index (χ1) is 9.45. The highest BCUT2D eigenvalue weighted by Crippen LogP contribution is 2.39. The molecule has 4 heteroatoms. The van der Waals surface area contributed by atoms with Crippen LogP contribution in [-0.4, -0.2) is 0 Å². The fraction of sp³-hybridized carbons (Fsp3) is 0.250. The normalized spacial score (nSPS) is 17.7. The second kappa shape index (κ2) is 4.54. The summed E-state index contributed by atoms with van der Waals surface area (Å²) in [6.45, 7) is 2.02. The Morgan fingerprint density at radius 1 is 1.10 bits per heavy atom. The first kappa shape index (κ1) is 13.0. The summed E-state index contributed by atoms with van der Waals surface area (Å²) in [7, 11) is 0. The molecule has 0 aliphatic carbocycles. The van der Waals surface area contributed by atoms with E-state index in [0.717, 1.165) is 29.2 Å². The minimum atomic E-state index is -4.29. The molecule has 0 amide bonds. The Bertz CT molecular complexity index is 646. The molecule has 0 spiro atoms. The molecule has 1 atom stereocenters. The quantitative estimate of drug-likeness (QED) is 0.795. The number of alkyl halides is 3. The van der Waals surface area contributed by atoms with E-state index >= 15 is 0 Å². The molecule has 2 aromatic rings. The average Bonchev–Trinajstić information content (AvgIpc) is 2.80. The third-order valence-electron chi connectivity index (χ3n) is 3.75. The van der Waals surface area contributed by atoms with Gasteiger partial charge in [-0.1, -0.05) is 30.3 Å². The molecule has 104 valence electrons. The molecule has 0 aromatic heterocycles. The van der Waals surface area contributed by atoms with Gasteiger partial charge < -0.3 is 5.32 Å². The fourth-order valence-electron chi connectivity index (χ4n) is 2.69. The van der Waals surface area contributed by atoms with Gasteiger partial charge in [0.05, 0.1) is 11.6 Å². The van der Waals surface area contributed by atoms with E-state index in [1.165, 1.54) is 6.07 Å². The summed E-state index contributed by atoms with van der Waals surface area (Å²) in [5.74, 6) is 0. The molecule has 0 fully saturated rings. The van der Waals surface area contributed by atoms with Crippen molar-refractivity contribution in [3.63, 3.8) is 0 Å². The number of hydrogen-bond donors (Lipinski definition) is 1. The van der Waals surface area contributed by atoms with Crippen molar-refractivity contribution in [2.24, 2.45) is 0 Å². The Labute approximate surface area is 115 Å². The molecule has 1 nitrogen and oxygen atoms in total. The summed E-state index contributed by atoms with van der Waals surface area (Å²) < 4.78 is 38.1. The molecule has 1 aliphatic rings. The molecule has 20 heavy (non-hydrogen) atoms. The van der Waals surface area contributed by atoms with Crippen LogP contribution >= 0.6 is 0 Å². The molecule has 1 unspecified atom stereocenters. The lowest BCUT2D eigenvalue weighted by molar-refractivity contribution is -0.137. The van der Waals surface area contributed by atoms with Gasteiger partial charge in [-0.05, 0) is 42.2 Å². The van der Waals surface area contributed by atoms with Crippen LogP contribution in [0.1, 0.15) is 28.3 Å². The van der Waals surface area contributed by atoms with E-state index in [9.17, 15) is 13.2 Å². The van der Waals surface area contributed by atoms with Crippen LogP contribution in [0.25, 0.3) is 0 Å². The predicted molar refractivity (Wildman–Crippen MR) is 72.7 cm³/mol. The summed E-state index contributed by atoms with van der Waals surface area (Å²) in [4.78, 5) is 0. The van der Waals surface area contributed by atoms with Gasteiger partial charge in [0.25, 0.3) is 0 Å². The van der Waals surface area contributed by atoms with Crippen LogP contribution in [0.5, 0.6) is 0 Å². The lowest BCUT2D eigenvalue weighted by Gasteiger charge is -2.14. The zero-order valence-electron chi connectivity index (χ0n) is 11.0. The number of rotatable bonds is 1. The Balaban J connectivity index is 1.91. The van der Waals surface area contributed by atoms with Crippen LogP contribution in [0.4, 0.5) is 18.9 Å². The lowest BCUT2D eigenvalue weighted by Crippen LogP contribution is -2.08. The third-order valence-corrected chi connectivity index (χ3v) is 3.75. The molecule has 1 N–H and O–H groups in total. The maximum atomic E-state index is 12.7. The summed E-state index contributed by atoms with van der Waals surface area (Å²) in [5, 5.41) is 3.20. The molecule has 1 aliphatic heterocycles. The first-order valence-electron chi connectivity index (χ1n) is 6.47. The topological polar surface area (TPSA) is 12.0 Å². The summed E-state index contributed by atoms with van der Waals surface area (Å²) in [6, 6.07) is 11.9. The van der Waals surface area contributed by atoms with Gasteiger partial charge in [0.1, 0.15) is 0 Å². The third kappa shape index (κ3) is 2.26. The van der Waals surface area contributed by atoms with Crippen LogP contribution in [0.3, 0.4) is 0 Å². The Kier molecular flexibility index (Phi) is 2.96. The van der Waals surface area contributed by atoms with Gasteiger partial charge in [-0.3, -0.25) is 0 Å². The van der Waals surface area contributed by atoms with Crippen molar-refractivity contribution in [2.45, 2.75) is 25.6 Å². The van der Waals surface area contributed by atoms with Gasteiger partial charge in [-0.15, -0.1) is 0 Å². The van der Waals surface area contributed by atoms with E-state index in [2.05, 4.69) is 5.32 Å². The summed E-state index contributed by atoms with van der Waals surface area (Å²) in [5.41, 5.74) is 3.21. The number of benzene rings is 2. The minimum absolute atomic E-state index is 0.0506. The van der Waals surface area contributed by atoms with Crippen molar-refractivity contribution in [1.82, 2.24) is 0 Å². The molecule has 0 bridgehead atoms. The van der Waals surface area contributed by atoms with E-state index in [1.54, 1.807) is 6.07 Å². The van der Waals surface area contributed by atoms with Crippen LogP contribution in [0, 0.1) is 6.92 Å². The smallest absolute Gasteiger partial charge is 0.378 e. The van der Waals surface area contributed by atoms with E-state index in [0.29, 0.717) is 5.69 Å². The standard InChI is InChI=1S/C16H14F3N/c1-10-4-2-3-5-13(10)15-8-11-6-7-12(16(17,18)19)9-14(11)20-15/h2-7,9,15,20H,8H2,1H3. The maximum Gasteiger partial charge on any atom is 0.416 e.